The summed E-state index contributed by atoms with van der Waals surface area (Å²) < 4.78 is 4.94. The van der Waals surface area contributed by atoms with Crippen molar-refractivity contribution in [2.75, 3.05) is 13.7 Å². The van der Waals surface area contributed by atoms with E-state index in [1.165, 1.54) is 4.90 Å². The number of likely N-dealkylation sites (N-methyl/N-ethyl adjacent to an activating group) is 1. The van der Waals surface area contributed by atoms with Crippen LogP contribution in [0.15, 0.2) is 5.18 Å². The molecule has 68 valence electrons. The first-order valence-electron chi connectivity index (χ1n) is 3.91. The fourth-order valence-corrected chi connectivity index (χ4v) is 1.21. The second-order valence-electron chi connectivity index (χ2n) is 2.80. The highest BCUT2D eigenvalue weighted by Crippen LogP contribution is 2.14. The minimum absolute atomic E-state index is 0.0792. The third-order valence-electron chi connectivity index (χ3n) is 2.12. The first-order chi connectivity index (χ1) is 5.70. The molecule has 0 aromatic carbocycles. The molecule has 0 saturated carbocycles. The van der Waals surface area contributed by atoms with Crippen LogP contribution in [0.5, 0.6) is 0 Å². The maximum absolute atomic E-state index is 11.2. The lowest BCUT2D eigenvalue weighted by Crippen LogP contribution is -2.50. The molecule has 0 spiro atoms. The highest BCUT2D eigenvalue weighted by atomic mass is 16.5. The summed E-state index contributed by atoms with van der Waals surface area (Å²) in [6, 6.07) is 0.0792. The van der Waals surface area contributed by atoms with Crippen molar-refractivity contribution in [3.63, 3.8) is 0 Å². The normalized spacial score (nSPS) is 30.5. The molecule has 5 nitrogen and oxygen atoms in total. The monoisotopic (exact) mass is 172 g/mol. The molecule has 12 heavy (non-hydrogen) atoms. The lowest BCUT2D eigenvalue weighted by molar-refractivity contribution is -0.156. The topological polar surface area (TPSA) is 59.0 Å². The van der Waals surface area contributed by atoms with Crippen LogP contribution in [-0.2, 0) is 9.53 Å². The molecule has 1 aliphatic heterocycles. The minimum atomic E-state index is -1.13. The molecule has 1 aliphatic rings. The molecular weight excluding hydrogens is 160 g/mol. The smallest absolute Gasteiger partial charge is 0.278 e. The molecule has 1 rings (SSSR count). The van der Waals surface area contributed by atoms with Gasteiger partial charge in [-0.15, -0.1) is 4.91 Å². The number of hydrogen-bond acceptors (Lipinski definition) is 4. The third-order valence-corrected chi connectivity index (χ3v) is 2.12. The van der Waals surface area contributed by atoms with Crippen LogP contribution in [0.25, 0.3) is 0 Å². The van der Waals surface area contributed by atoms with Gasteiger partial charge in [0.25, 0.3) is 12.1 Å². The summed E-state index contributed by atoms with van der Waals surface area (Å²) in [6.45, 7) is 2.36. The maximum Gasteiger partial charge on any atom is 0.278 e. The van der Waals surface area contributed by atoms with Crippen LogP contribution in [0, 0.1) is 4.91 Å². The Kier molecular flexibility index (Phi) is 2.75. The van der Waals surface area contributed by atoms with Crippen molar-refractivity contribution in [3.05, 3.63) is 4.91 Å². The second-order valence-corrected chi connectivity index (χ2v) is 2.80. The van der Waals surface area contributed by atoms with E-state index < -0.39 is 6.23 Å². The van der Waals surface area contributed by atoms with E-state index in [0.717, 1.165) is 6.42 Å². The van der Waals surface area contributed by atoms with Crippen molar-refractivity contribution in [3.8, 4) is 0 Å². The Labute approximate surface area is 70.7 Å². The van der Waals surface area contributed by atoms with Crippen molar-refractivity contribution in [2.45, 2.75) is 25.6 Å². The molecule has 1 amide bonds. The SMILES string of the molecule is CCC1COC(N=O)C(=O)N1C. The van der Waals surface area contributed by atoms with E-state index in [0.29, 0.717) is 6.61 Å². The molecule has 0 aromatic rings. The Hall–Kier alpha value is -0.970. The Morgan fingerprint density at radius 3 is 2.92 bits per heavy atom. The van der Waals surface area contributed by atoms with Gasteiger partial charge in [-0.05, 0) is 11.6 Å². The van der Waals surface area contributed by atoms with E-state index >= 15 is 0 Å². The molecule has 2 unspecified atom stereocenters. The number of ether oxygens (including phenoxy) is 1. The molecule has 1 saturated heterocycles. The van der Waals surface area contributed by atoms with E-state index in [1.54, 1.807) is 7.05 Å². The molecule has 1 fully saturated rings. The zero-order valence-electron chi connectivity index (χ0n) is 7.19. The van der Waals surface area contributed by atoms with Gasteiger partial charge in [-0.3, -0.25) is 4.79 Å². The summed E-state index contributed by atoms with van der Waals surface area (Å²) in [5.41, 5.74) is 0. The van der Waals surface area contributed by atoms with Gasteiger partial charge in [0.2, 0.25) is 0 Å². The molecule has 0 aliphatic carbocycles. The molecule has 1 heterocycles. The van der Waals surface area contributed by atoms with Crippen molar-refractivity contribution in [1.82, 2.24) is 4.90 Å². The van der Waals surface area contributed by atoms with E-state index in [9.17, 15) is 9.70 Å². The zero-order valence-corrected chi connectivity index (χ0v) is 7.19. The predicted octanol–water partition coefficient (Wildman–Crippen LogP) is 0.346. The Morgan fingerprint density at radius 2 is 2.42 bits per heavy atom. The number of carbonyl (C=O) groups is 1. The van der Waals surface area contributed by atoms with Crippen LogP contribution >= 0.6 is 0 Å². The highest BCUT2D eigenvalue weighted by molar-refractivity contribution is 5.81. The number of hydrogen-bond donors (Lipinski definition) is 0. The molecule has 2 atom stereocenters. The summed E-state index contributed by atoms with van der Waals surface area (Å²) >= 11 is 0. The summed E-state index contributed by atoms with van der Waals surface area (Å²) in [4.78, 5) is 22.8. The Morgan fingerprint density at radius 1 is 1.75 bits per heavy atom. The van der Waals surface area contributed by atoms with Gasteiger partial charge in [0.15, 0.2) is 0 Å². The van der Waals surface area contributed by atoms with E-state index in [4.69, 9.17) is 4.74 Å². The van der Waals surface area contributed by atoms with Gasteiger partial charge >= 0.3 is 0 Å². The Bertz CT molecular complexity index is 195. The van der Waals surface area contributed by atoms with Crippen molar-refractivity contribution < 1.29 is 9.53 Å². The number of morpholine rings is 1. The quantitative estimate of drug-likeness (QED) is 0.564. The number of nitroso groups, excluding NO2 is 1. The standard InChI is InChI=1S/C7H12N2O3/c1-3-5-4-12-6(8-11)7(10)9(5)2/h5-6H,3-4H2,1-2H3. The van der Waals surface area contributed by atoms with Crippen LogP contribution in [0.3, 0.4) is 0 Å². The lowest BCUT2D eigenvalue weighted by atomic mass is 10.2. The second kappa shape index (κ2) is 3.62. The summed E-state index contributed by atoms with van der Waals surface area (Å²) in [5, 5.41) is 2.58. The minimum Gasteiger partial charge on any atom is -0.343 e. The third kappa shape index (κ3) is 1.45. The average molecular weight is 172 g/mol. The largest absolute Gasteiger partial charge is 0.343 e. The first kappa shape index (κ1) is 9.12. The Balaban J connectivity index is 2.65. The highest BCUT2D eigenvalue weighted by Gasteiger charge is 2.33. The van der Waals surface area contributed by atoms with Crippen LogP contribution in [0.4, 0.5) is 0 Å². The maximum atomic E-state index is 11.2. The van der Waals surface area contributed by atoms with Gasteiger partial charge in [0.1, 0.15) is 0 Å². The van der Waals surface area contributed by atoms with Crippen LogP contribution in [0.2, 0.25) is 0 Å². The lowest BCUT2D eigenvalue weighted by Gasteiger charge is -2.33. The molecule has 0 aromatic heterocycles. The van der Waals surface area contributed by atoms with E-state index in [-0.39, 0.29) is 11.9 Å². The van der Waals surface area contributed by atoms with Crippen LogP contribution < -0.4 is 0 Å². The van der Waals surface area contributed by atoms with Crippen LogP contribution in [-0.4, -0.2) is 36.7 Å². The van der Waals surface area contributed by atoms with Gasteiger partial charge in [-0.1, -0.05) is 6.92 Å². The van der Waals surface area contributed by atoms with Gasteiger partial charge in [-0.2, -0.15) is 0 Å². The summed E-state index contributed by atoms with van der Waals surface area (Å²) in [6.07, 6.45) is -0.300. The zero-order chi connectivity index (χ0) is 9.14. The number of amides is 1. The summed E-state index contributed by atoms with van der Waals surface area (Å²) in [5.74, 6) is -0.344. The molecular formula is C7H12N2O3. The van der Waals surface area contributed by atoms with E-state index in [2.05, 4.69) is 5.18 Å². The van der Waals surface area contributed by atoms with Crippen LogP contribution in [0.1, 0.15) is 13.3 Å². The number of carbonyl (C=O) groups excluding carboxylic acids is 1. The predicted molar refractivity (Wildman–Crippen MR) is 42.4 cm³/mol. The number of nitrogens with zero attached hydrogens (tertiary/aromatic N) is 2. The summed E-state index contributed by atoms with van der Waals surface area (Å²) in [7, 11) is 1.66. The van der Waals surface area contributed by atoms with Crippen molar-refractivity contribution >= 4 is 5.91 Å². The average Bonchev–Trinajstić information content (AvgIpc) is 2.10. The van der Waals surface area contributed by atoms with Gasteiger partial charge in [0.05, 0.1) is 12.6 Å². The molecule has 0 N–H and O–H groups in total. The van der Waals surface area contributed by atoms with Gasteiger partial charge < -0.3 is 9.64 Å². The molecule has 5 heteroatoms. The fraction of sp³-hybridized carbons (Fsp3) is 0.857. The van der Waals surface area contributed by atoms with Gasteiger partial charge in [-0.25, -0.2) is 0 Å². The van der Waals surface area contributed by atoms with Crippen molar-refractivity contribution in [1.29, 1.82) is 0 Å². The van der Waals surface area contributed by atoms with E-state index in [1.807, 2.05) is 6.92 Å². The van der Waals surface area contributed by atoms with Gasteiger partial charge in [0, 0.05) is 7.05 Å². The number of rotatable bonds is 2. The fourth-order valence-electron chi connectivity index (χ4n) is 1.21. The van der Waals surface area contributed by atoms with Crippen molar-refractivity contribution in [2.24, 2.45) is 5.18 Å². The first-order valence-corrected chi connectivity index (χ1v) is 3.91. The molecule has 0 radical (unpaired) electrons. The molecule has 0 bridgehead atoms.